The van der Waals surface area contributed by atoms with Crippen LogP contribution in [0, 0.1) is 6.92 Å². The number of aryl methyl sites for hydroxylation is 3. The summed E-state index contributed by atoms with van der Waals surface area (Å²) in [6.07, 6.45) is 3.84. The molecule has 186 valence electrons. The van der Waals surface area contributed by atoms with E-state index in [9.17, 15) is 0 Å². The van der Waals surface area contributed by atoms with Crippen molar-refractivity contribution >= 4 is 28.4 Å². The average molecular weight is 477 g/mol. The number of methoxy groups -OCH3 is 1. The lowest BCUT2D eigenvalue weighted by Gasteiger charge is -2.30. The van der Waals surface area contributed by atoms with Crippen LogP contribution in [-0.2, 0) is 22.4 Å². The van der Waals surface area contributed by atoms with Gasteiger partial charge in [-0.05, 0) is 38.7 Å². The predicted octanol–water partition coefficient (Wildman–Crippen LogP) is 4.18. The Labute approximate surface area is 207 Å². The van der Waals surface area contributed by atoms with Crippen LogP contribution >= 0.6 is 0 Å². The van der Waals surface area contributed by atoms with E-state index in [1.165, 1.54) is 11.1 Å². The molecular formula is C27H36N6O2. The van der Waals surface area contributed by atoms with Crippen LogP contribution in [0.15, 0.2) is 35.4 Å². The van der Waals surface area contributed by atoms with Gasteiger partial charge in [0.05, 0.1) is 24.6 Å². The third-order valence-corrected chi connectivity index (χ3v) is 6.81. The molecule has 8 nitrogen and oxygen atoms in total. The smallest absolute Gasteiger partial charge is 0.164 e. The highest BCUT2D eigenvalue weighted by atomic mass is 16.5. The minimum absolute atomic E-state index is 0.728. The summed E-state index contributed by atoms with van der Waals surface area (Å²) in [5.41, 5.74) is 6.62. The van der Waals surface area contributed by atoms with Crippen molar-refractivity contribution in [3.05, 3.63) is 47.3 Å². The molecule has 1 aromatic carbocycles. The second-order valence-corrected chi connectivity index (χ2v) is 9.28. The minimum Gasteiger partial charge on any atom is -0.385 e. The van der Waals surface area contributed by atoms with Gasteiger partial charge in [-0.2, -0.15) is 5.10 Å². The summed E-state index contributed by atoms with van der Waals surface area (Å²) >= 11 is 0. The van der Waals surface area contributed by atoms with Crippen LogP contribution in [0.2, 0.25) is 0 Å². The number of hydrogen-bond acceptors (Lipinski definition) is 7. The molecule has 0 amide bonds. The van der Waals surface area contributed by atoms with E-state index in [0.717, 1.165) is 106 Å². The van der Waals surface area contributed by atoms with Gasteiger partial charge in [-0.1, -0.05) is 29.8 Å². The van der Waals surface area contributed by atoms with Gasteiger partial charge in [0.25, 0.3) is 0 Å². The number of anilines is 2. The molecule has 0 N–H and O–H groups in total. The zero-order valence-electron chi connectivity index (χ0n) is 21.2. The van der Waals surface area contributed by atoms with Crippen LogP contribution in [0.1, 0.15) is 43.1 Å². The predicted molar refractivity (Wildman–Crippen MR) is 141 cm³/mol. The first-order valence-electron chi connectivity index (χ1n) is 12.8. The van der Waals surface area contributed by atoms with E-state index in [1.807, 2.05) is 0 Å². The standard InChI is InChI=1S/C27H36N6O2/c1-4-32-24(11-7-15-34-3)28-26-23(31-13-16-35-17-14-31)19-25(29-27(26)32)33-12-6-10-22(30-33)21-9-5-8-20(2)18-21/h5,8-9,18-19H,4,6-7,10-17H2,1-3H3. The van der Waals surface area contributed by atoms with Crippen molar-refractivity contribution in [1.82, 2.24) is 14.5 Å². The molecule has 1 saturated heterocycles. The van der Waals surface area contributed by atoms with Crippen molar-refractivity contribution in [3.63, 3.8) is 0 Å². The normalized spacial score (nSPS) is 16.7. The van der Waals surface area contributed by atoms with Crippen LogP contribution in [0.5, 0.6) is 0 Å². The number of ether oxygens (including phenoxy) is 2. The number of fused-ring (bicyclic) bond motifs is 1. The van der Waals surface area contributed by atoms with Gasteiger partial charge < -0.3 is 18.9 Å². The first-order valence-corrected chi connectivity index (χ1v) is 12.8. The Balaban J connectivity index is 1.58. The summed E-state index contributed by atoms with van der Waals surface area (Å²) in [5, 5.41) is 7.16. The number of benzene rings is 1. The van der Waals surface area contributed by atoms with Crippen molar-refractivity contribution in [2.24, 2.45) is 5.10 Å². The van der Waals surface area contributed by atoms with E-state index >= 15 is 0 Å². The maximum absolute atomic E-state index is 5.64. The van der Waals surface area contributed by atoms with Gasteiger partial charge in [-0.25, -0.2) is 15.0 Å². The fraction of sp³-hybridized carbons (Fsp3) is 0.519. The fourth-order valence-corrected chi connectivity index (χ4v) is 5.02. The lowest BCUT2D eigenvalue weighted by atomic mass is 10.0. The highest BCUT2D eigenvalue weighted by Gasteiger charge is 2.24. The Morgan fingerprint density at radius 3 is 2.71 bits per heavy atom. The van der Waals surface area contributed by atoms with E-state index in [0.29, 0.717) is 0 Å². The molecule has 1 fully saturated rings. The zero-order chi connectivity index (χ0) is 24.2. The molecule has 0 saturated carbocycles. The molecule has 0 atom stereocenters. The molecule has 3 aromatic rings. The Kier molecular flexibility index (Phi) is 7.29. The second kappa shape index (κ2) is 10.7. The molecule has 5 rings (SSSR count). The molecule has 0 aliphatic carbocycles. The lowest BCUT2D eigenvalue weighted by Crippen LogP contribution is -2.36. The van der Waals surface area contributed by atoms with Crippen LogP contribution < -0.4 is 9.91 Å². The van der Waals surface area contributed by atoms with Gasteiger partial charge in [0.2, 0.25) is 0 Å². The summed E-state index contributed by atoms with van der Waals surface area (Å²) in [5.74, 6) is 1.96. The molecule has 0 radical (unpaired) electrons. The first-order chi connectivity index (χ1) is 17.2. The number of morpholine rings is 1. The van der Waals surface area contributed by atoms with E-state index in [4.69, 9.17) is 24.5 Å². The van der Waals surface area contributed by atoms with Crippen LogP contribution in [0.4, 0.5) is 11.5 Å². The number of nitrogens with zero attached hydrogens (tertiary/aromatic N) is 6. The highest BCUT2D eigenvalue weighted by Crippen LogP contribution is 2.32. The van der Waals surface area contributed by atoms with Crippen LogP contribution in [0.25, 0.3) is 11.2 Å². The maximum Gasteiger partial charge on any atom is 0.164 e. The van der Waals surface area contributed by atoms with Gasteiger partial charge in [0.15, 0.2) is 11.5 Å². The quantitative estimate of drug-likeness (QED) is 0.455. The largest absolute Gasteiger partial charge is 0.385 e. The fourth-order valence-electron chi connectivity index (χ4n) is 5.02. The van der Waals surface area contributed by atoms with Crippen molar-refractivity contribution in [3.8, 4) is 0 Å². The highest BCUT2D eigenvalue weighted by molar-refractivity contribution is 6.01. The number of rotatable bonds is 8. The Bertz CT molecular complexity index is 1200. The lowest BCUT2D eigenvalue weighted by molar-refractivity contribution is 0.123. The van der Waals surface area contributed by atoms with Crippen molar-refractivity contribution < 1.29 is 9.47 Å². The van der Waals surface area contributed by atoms with Crippen LogP contribution in [0.3, 0.4) is 0 Å². The summed E-state index contributed by atoms with van der Waals surface area (Å²) < 4.78 is 13.2. The molecule has 0 spiro atoms. The van der Waals surface area contributed by atoms with Gasteiger partial charge in [-0.15, -0.1) is 0 Å². The van der Waals surface area contributed by atoms with Crippen LogP contribution in [-0.4, -0.2) is 66.8 Å². The minimum atomic E-state index is 0.728. The van der Waals surface area contributed by atoms with Gasteiger partial charge in [0, 0.05) is 52.4 Å². The maximum atomic E-state index is 5.64. The number of hydrazone groups is 1. The molecule has 4 heterocycles. The van der Waals surface area contributed by atoms with Gasteiger partial charge >= 0.3 is 0 Å². The van der Waals surface area contributed by atoms with Crippen molar-refractivity contribution in [1.29, 1.82) is 0 Å². The van der Waals surface area contributed by atoms with Gasteiger partial charge in [0.1, 0.15) is 11.3 Å². The summed E-state index contributed by atoms with van der Waals surface area (Å²) in [6, 6.07) is 10.8. The topological polar surface area (TPSA) is 68.0 Å². The number of hydrogen-bond donors (Lipinski definition) is 0. The Morgan fingerprint density at radius 1 is 1.09 bits per heavy atom. The Morgan fingerprint density at radius 2 is 1.94 bits per heavy atom. The molecule has 2 aliphatic heterocycles. The second-order valence-electron chi connectivity index (χ2n) is 9.28. The number of pyridine rings is 1. The van der Waals surface area contributed by atoms with E-state index in [2.05, 4.69) is 58.7 Å². The molecule has 0 bridgehead atoms. The van der Waals surface area contributed by atoms with Crippen molar-refractivity contribution in [2.75, 3.05) is 56.5 Å². The third-order valence-electron chi connectivity index (χ3n) is 6.81. The summed E-state index contributed by atoms with van der Waals surface area (Å²) in [7, 11) is 1.75. The van der Waals surface area contributed by atoms with E-state index in [-0.39, 0.29) is 0 Å². The van der Waals surface area contributed by atoms with E-state index in [1.54, 1.807) is 7.11 Å². The molecule has 2 aromatic heterocycles. The molecule has 8 heteroatoms. The molecule has 35 heavy (non-hydrogen) atoms. The number of aromatic nitrogens is 3. The van der Waals surface area contributed by atoms with Gasteiger partial charge in [-0.3, -0.25) is 0 Å². The molecule has 0 unspecified atom stereocenters. The zero-order valence-corrected chi connectivity index (χ0v) is 21.2. The average Bonchev–Trinajstić information content (AvgIpc) is 3.26. The monoisotopic (exact) mass is 476 g/mol. The number of imidazole rings is 1. The van der Waals surface area contributed by atoms with E-state index < -0.39 is 0 Å². The molecular weight excluding hydrogens is 440 g/mol. The summed E-state index contributed by atoms with van der Waals surface area (Å²) in [4.78, 5) is 12.6. The molecule has 2 aliphatic rings. The Hall–Kier alpha value is -2.97. The third kappa shape index (κ3) is 5.04. The summed E-state index contributed by atoms with van der Waals surface area (Å²) in [6.45, 7) is 9.88. The van der Waals surface area contributed by atoms with Crippen molar-refractivity contribution in [2.45, 2.75) is 46.1 Å². The first kappa shape index (κ1) is 23.8. The SMILES string of the molecule is CCn1c(CCCOC)nc2c(N3CCOCC3)cc(N3CCCC(c4cccc(C)c4)=N3)nc21.